The predicted octanol–water partition coefficient (Wildman–Crippen LogP) is 1.67. The van der Waals surface area contributed by atoms with Gasteiger partial charge in [-0.05, 0) is 24.7 Å². The van der Waals surface area contributed by atoms with Gasteiger partial charge >= 0.3 is 0 Å². The second kappa shape index (κ2) is 4.78. The first kappa shape index (κ1) is 11.8. The predicted molar refractivity (Wildman–Crippen MR) is 73.6 cm³/mol. The van der Waals surface area contributed by atoms with E-state index in [1.165, 1.54) is 5.56 Å². The molecule has 5 nitrogen and oxygen atoms in total. The minimum Gasteiger partial charge on any atom is -0.308 e. The molecule has 0 aliphatic rings. The molecular weight excluding hydrogens is 238 g/mol. The summed E-state index contributed by atoms with van der Waals surface area (Å²) >= 11 is 0. The fourth-order valence-electron chi connectivity index (χ4n) is 2.40. The van der Waals surface area contributed by atoms with Crippen LogP contribution in [0.2, 0.25) is 0 Å². The smallest absolute Gasteiger partial charge is 0.0798 e. The van der Waals surface area contributed by atoms with Gasteiger partial charge in [-0.25, -0.2) is 0 Å². The third kappa shape index (κ3) is 1.98. The van der Waals surface area contributed by atoms with Crippen LogP contribution in [-0.4, -0.2) is 27.0 Å². The Hall–Kier alpha value is -2.27. The Morgan fingerprint density at radius 1 is 1.21 bits per heavy atom. The Labute approximate surface area is 111 Å². The van der Waals surface area contributed by atoms with Crippen LogP contribution in [0.1, 0.15) is 17.3 Å². The van der Waals surface area contributed by atoms with E-state index in [0.717, 1.165) is 16.6 Å². The molecule has 0 saturated carbocycles. The second-order valence-corrected chi connectivity index (χ2v) is 4.42. The molecule has 2 heterocycles. The SMILES string of the molecule is CNC(c1cccc2ncccc12)c1cnnn1C. The number of pyridine rings is 1. The zero-order valence-corrected chi connectivity index (χ0v) is 10.9. The molecule has 0 fully saturated rings. The van der Waals surface area contributed by atoms with Gasteiger partial charge in [-0.15, -0.1) is 5.10 Å². The van der Waals surface area contributed by atoms with Crippen LogP contribution in [0.3, 0.4) is 0 Å². The fraction of sp³-hybridized carbons (Fsp3) is 0.214. The van der Waals surface area contributed by atoms with Gasteiger partial charge in [0, 0.05) is 18.6 Å². The number of aryl methyl sites for hydroxylation is 1. The van der Waals surface area contributed by atoms with Gasteiger partial charge in [0.05, 0.1) is 23.4 Å². The lowest BCUT2D eigenvalue weighted by Crippen LogP contribution is -2.20. The summed E-state index contributed by atoms with van der Waals surface area (Å²) in [6, 6.07) is 10.3. The van der Waals surface area contributed by atoms with E-state index >= 15 is 0 Å². The molecule has 5 heteroatoms. The van der Waals surface area contributed by atoms with E-state index in [2.05, 4.69) is 32.7 Å². The molecule has 19 heavy (non-hydrogen) atoms. The molecular formula is C14H15N5. The zero-order chi connectivity index (χ0) is 13.2. The van der Waals surface area contributed by atoms with Crippen LogP contribution < -0.4 is 5.32 Å². The van der Waals surface area contributed by atoms with E-state index in [4.69, 9.17) is 0 Å². The van der Waals surface area contributed by atoms with Crippen molar-refractivity contribution in [2.75, 3.05) is 7.05 Å². The van der Waals surface area contributed by atoms with Crippen molar-refractivity contribution in [1.29, 1.82) is 0 Å². The summed E-state index contributed by atoms with van der Waals surface area (Å²) in [4.78, 5) is 4.40. The Morgan fingerprint density at radius 2 is 2.11 bits per heavy atom. The molecule has 0 saturated heterocycles. The Balaban J connectivity index is 2.20. The highest BCUT2D eigenvalue weighted by atomic mass is 15.4. The largest absolute Gasteiger partial charge is 0.308 e. The number of hydrogen-bond donors (Lipinski definition) is 1. The lowest BCUT2D eigenvalue weighted by atomic mass is 9.99. The molecule has 1 atom stereocenters. The number of rotatable bonds is 3. The van der Waals surface area contributed by atoms with Crippen molar-refractivity contribution in [2.45, 2.75) is 6.04 Å². The number of nitrogens with zero attached hydrogens (tertiary/aromatic N) is 4. The molecule has 0 radical (unpaired) electrons. The van der Waals surface area contributed by atoms with Crippen molar-refractivity contribution < 1.29 is 0 Å². The molecule has 1 unspecified atom stereocenters. The summed E-state index contributed by atoms with van der Waals surface area (Å²) in [6.07, 6.45) is 3.60. The van der Waals surface area contributed by atoms with E-state index < -0.39 is 0 Å². The van der Waals surface area contributed by atoms with Crippen molar-refractivity contribution in [3.63, 3.8) is 0 Å². The number of hydrogen-bond acceptors (Lipinski definition) is 4. The monoisotopic (exact) mass is 253 g/mol. The molecule has 0 amide bonds. The highest BCUT2D eigenvalue weighted by molar-refractivity contribution is 5.82. The van der Waals surface area contributed by atoms with Gasteiger partial charge < -0.3 is 5.32 Å². The first-order valence-electron chi connectivity index (χ1n) is 6.16. The second-order valence-electron chi connectivity index (χ2n) is 4.42. The first-order chi connectivity index (χ1) is 9.31. The average molecular weight is 253 g/mol. The minimum absolute atomic E-state index is 0.0490. The average Bonchev–Trinajstić information content (AvgIpc) is 2.86. The normalized spacial score (nSPS) is 12.7. The molecule has 0 spiro atoms. The molecule has 3 rings (SSSR count). The molecule has 0 aliphatic carbocycles. The van der Waals surface area contributed by atoms with E-state index in [-0.39, 0.29) is 6.04 Å². The molecule has 96 valence electrons. The van der Waals surface area contributed by atoms with E-state index in [9.17, 15) is 0 Å². The van der Waals surface area contributed by atoms with Crippen LogP contribution >= 0.6 is 0 Å². The van der Waals surface area contributed by atoms with Crippen LogP contribution in [0.25, 0.3) is 10.9 Å². The third-order valence-corrected chi connectivity index (χ3v) is 3.32. The summed E-state index contributed by atoms with van der Waals surface area (Å²) < 4.78 is 1.79. The maximum Gasteiger partial charge on any atom is 0.0798 e. The van der Waals surface area contributed by atoms with Gasteiger partial charge in [-0.1, -0.05) is 23.4 Å². The van der Waals surface area contributed by atoms with E-state index in [0.29, 0.717) is 0 Å². The van der Waals surface area contributed by atoms with Crippen molar-refractivity contribution >= 4 is 10.9 Å². The number of benzene rings is 1. The van der Waals surface area contributed by atoms with Crippen molar-refractivity contribution in [3.05, 3.63) is 54.0 Å². The third-order valence-electron chi connectivity index (χ3n) is 3.32. The maximum absolute atomic E-state index is 4.40. The van der Waals surface area contributed by atoms with Crippen LogP contribution in [0.4, 0.5) is 0 Å². The molecule has 3 aromatic rings. The first-order valence-corrected chi connectivity index (χ1v) is 6.16. The van der Waals surface area contributed by atoms with Crippen LogP contribution in [0.5, 0.6) is 0 Å². The minimum atomic E-state index is 0.0490. The molecule has 0 bridgehead atoms. The van der Waals surface area contributed by atoms with Gasteiger partial charge in [0.15, 0.2) is 0 Å². The fourth-order valence-corrected chi connectivity index (χ4v) is 2.40. The summed E-state index contributed by atoms with van der Waals surface area (Å²) in [6.45, 7) is 0. The van der Waals surface area contributed by atoms with E-state index in [1.54, 1.807) is 10.9 Å². The highest BCUT2D eigenvalue weighted by Crippen LogP contribution is 2.27. The molecule has 1 aromatic carbocycles. The molecule has 0 aliphatic heterocycles. The maximum atomic E-state index is 4.40. The van der Waals surface area contributed by atoms with Crippen molar-refractivity contribution in [3.8, 4) is 0 Å². The zero-order valence-electron chi connectivity index (χ0n) is 10.9. The lowest BCUT2D eigenvalue weighted by Gasteiger charge is -2.18. The number of fused-ring (bicyclic) bond motifs is 1. The lowest BCUT2D eigenvalue weighted by molar-refractivity contribution is 0.600. The Morgan fingerprint density at radius 3 is 2.84 bits per heavy atom. The topological polar surface area (TPSA) is 55.6 Å². The summed E-state index contributed by atoms with van der Waals surface area (Å²) in [7, 11) is 3.84. The molecule has 1 N–H and O–H groups in total. The number of aromatic nitrogens is 4. The quantitative estimate of drug-likeness (QED) is 0.771. The van der Waals surface area contributed by atoms with Gasteiger partial charge in [-0.3, -0.25) is 9.67 Å². The van der Waals surface area contributed by atoms with Gasteiger partial charge in [-0.2, -0.15) is 0 Å². The summed E-state index contributed by atoms with van der Waals surface area (Å²) in [5.41, 5.74) is 3.20. The van der Waals surface area contributed by atoms with Crippen LogP contribution in [0, 0.1) is 0 Å². The van der Waals surface area contributed by atoms with E-state index in [1.807, 2.05) is 38.5 Å². The van der Waals surface area contributed by atoms with Crippen molar-refractivity contribution in [2.24, 2.45) is 7.05 Å². The van der Waals surface area contributed by atoms with Gasteiger partial charge in [0.2, 0.25) is 0 Å². The van der Waals surface area contributed by atoms with Gasteiger partial charge in [0.1, 0.15) is 0 Å². The number of nitrogens with one attached hydrogen (secondary N) is 1. The highest BCUT2D eigenvalue weighted by Gasteiger charge is 2.18. The molecule has 2 aromatic heterocycles. The van der Waals surface area contributed by atoms with Crippen LogP contribution in [0.15, 0.2) is 42.7 Å². The van der Waals surface area contributed by atoms with Crippen LogP contribution in [-0.2, 0) is 7.05 Å². The Kier molecular flexibility index (Phi) is 2.97. The summed E-state index contributed by atoms with van der Waals surface area (Å²) in [5, 5.41) is 12.4. The van der Waals surface area contributed by atoms with Gasteiger partial charge in [0.25, 0.3) is 0 Å². The summed E-state index contributed by atoms with van der Waals surface area (Å²) in [5.74, 6) is 0. The standard InChI is InChI=1S/C14H15N5/c1-15-14(13-9-17-18-19(13)2)11-5-3-7-12-10(11)6-4-8-16-12/h3-9,14-15H,1-2H3. The Bertz CT molecular complexity index is 698. The van der Waals surface area contributed by atoms with Crippen molar-refractivity contribution in [1.82, 2.24) is 25.3 Å².